The van der Waals surface area contributed by atoms with Crippen LogP contribution in [-0.2, 0) is 0 Å². The van der Waals surface area contributed by atoms with Gasteiger partial charge >= 0.3 is 5.69 Å². The predicted octanol–water partition coefficient (Wildman–Crippen LogP) is 1.41. The van der Waals surface area contributed by atoms with Crippen molar-refractivity contribution in [3.05, 3.63) is 39.7 Å². The first-order chi connectivity index (χ1) is 7.58. The highest BCUT2D eigenvalue weighted by molar-refractivity contribution is 6.30. The summed E-state index contributed by atoms with van der Waals surface area (Å²) < 4.78 is 1.38. The molecule has 0 aliphatic heterocycles. The third-order valence-electron chi connectivity index (χ3n) is 1.87. The summed E-state index contributed by atoms with van der Waals surface area (Å²) in [7, 11) is 0. The molecule has 2 aromatic heterocycles. The Balaban J connectivity index is 2.45. The number of halogens is 1. The van der Waals surface area contributed by atoms with E-state index in [-0.39, 0.29) is 11.5 Å². The molecule has 0 aromatic carbocycles. The molecule has 7 nitrogen and oxygen atoms in total. The van der Waals surface area contributed by atoms with E-state index in [2.05, 4.69) is 10.1 Å². The van der Waals surface area contributed by atoms with Crippen LogP contribution in [0.3, 0.4) is 0 Å². The first kappa shape index (κ1) is 10.4. The summed E-state index contributed by atoms with van der Waals surface area (Å²) >= 11 is 5.68. The van der Waals surface area contributed by atoms with Gasteiger partial charge in [-0.25, -0.2) is 9.67 Å². The quantitative estimate of drug-likeness (QED) is 0.631. The summed E-state index contributed by atoms with van der Waals surface area (Å²) in [4.78, 5) is 13.8. The number of nitrogens with zero attached hydrogens (tertiary/aromatic N) is 4. The second-order valence-corrected chi connectivity index (χ2v) is 3.37. The average Bonchev–Trinajstić information content (AvgIpc) is 2.64. The Kier molecular flexibility index (Phi) is 2.45. The van der Waals surface area contributed by atoms with Crippen molar-refractivity contribution in [2.75, 3.05) is 5.73 Å². The normalized spacial score (nSPS) is 10.3. The van der Waals surface area contributed by atoms with E-state index in [1.807, 2.05) is 0 Å². The van der Waals surface area contributed by atoms with Gasteiger partial charge in [0.2, 0.25) is 5.82 Å². The van der Waals surface area contributed by atoms with E-state index in [9.17, 15) is 10.1 Å². The van der Waals surface area contributed by atoms with Gasteiger partial charge in [-0.1, -0.05) is 11.6 Å². The maximum absolute atomic E-state index is 10.5. The second kappa shape index (κ2) is 3.78. The molecule has 16 heavy (non-hydrogen) atoms. The van der Waals surface area contributed by atoms with Gasteiger partial charge in [0.1, 0.15) is 0 Å². The molecule has 0 unspecified atom stereocenters. The Morgan fingerprint density at radius 2 is 2.25 bits per heavy atom. The lowest BCUT2D eigenvalue weighted by Gasteiger charge is -2.01. The van der Waals surface area contributed by atoms with Crippen molar-refractivity contribution < 1.29 is 4.92 Å². The van der Waals surface area contributed by atoms with Crippen LogP contribution >= 0.6 is 11.6 Å². The minimum absolute atomic E-state index is 0.158. The Morgan fingerprint density at radius 3 is 2.75 bits per heavy atom. The van der Waals surface area contributed by atoms with Crippen LogP contribution in [0.25, 0.3) is 5.82 Å². The first-order valence-corrected chi connectivity index (χ1v) is 4.57. The molecule has 8 heteroatoms. The lowest BCUT2D eigenvalue weighted by Crippen LogP contribution is -2.03. The maximum atomic E-state index is 10.5. The molecule has 82 valence electrons. The number of rotatable bonds is 2. The van der Waals surface area contributed by atoms with Crippen LogP contribution < -0.4 is 5.73 Å². The molecule has 2 aromatic rings. The number of aromatic nitrogens is 3. The van der Waals surface area contributed by atoms with Crippen molar-refractivity contribution in [3.8, 4) is 5.82 Å². The lowest BCUT2D eigenvalue weighted by atomic mass is 10.4. The van der Waals surface area contributed by atoms with Crippen LogP contribution in [0.2, 0.25) is 5.02 Å². The molecule has 0 bridgehead atoms. The van der Waals surface area contributed by atoms with Gasteiger partial charge in [0.25, 0.3) is 0 Å². The summed E-state index contributed by atoms with van der Waals surface area (Å²) in [5.74, 6) is 0.212. The van der Waals surface area contributed by atoms with Crippen molar-refractivity contribution in [2.45, 2.75) is 0 Å². The van der Waals surface area contributed by atoms with Gasteiger partial charge in [-0.15, -0.1) is 0 Å². The highest BCUT2D eigenvalue weighted by atomic mass is 35.5. The molecule has 0 saturated carbocycles. The van der Waals surface area contributed by atoms with Gasteiger partial charge in [-0.3, -0.25) is 10.1 Å². The van der Waals surface area contributed by atoms with Crippen LogP contribution in [0, 0.1) is 10.1 Å². The van der Waals surface area contributed by atoms with E-state index in [0.29, 0.717) is 10.8 Å². The third-order valence-corrected chi connectivity index (χ3v) is 2.07. The molecule has 2 rings (SSSR count). The fraction of sp³-hybridized carbons (Fsp3) is 0. The van der Waals surface area contributed by atoms with E-state index in [0.717, 1.165) is 0 Å². The number of hydrogen-bond donors (Lipinski definition) is 1. The minimum atomic E-state index is -0.595. The molecular formula is C8H6ClN5O2. The van der Waals surface area contributed by atoms with Crippen molar-refractivity contribution in [1.29, 1.82) is 0 Å². The Hall–Kier alpha value is -2.15. The zero-order chi connectivity index (χ0) is 11.7. The van der Waals surface area contributed by atoms with Crippen LogP contribution in [0.5, 0.6) is 0 Å². The van der Waals surface area contributed by atoms with Crippen LogP contribution in [0.4, 0.5) is 11.5 Å². The lowest BCUT2D eigenvalue weighted by molar-refractivity contribution is -0.384. The zero-order valence-corrected chi connectivity index (χ0v) is 8.63. The Morgan fingerprint density at radius 1 is 1.50 bits per heavy atom. The van der Waals surface area contributed by atoms with Gasteiger partial charge in [0, 0.05) is 6.07 Å². The van der Waals surface area contributed by atoms with E-state index < -0.39 is 4.92 Å². The summed E-state index contributed by atoms with van der Waals surface area (Å²) in [6.45, 7) is 0. The second-order valence-electron chi connectivity index (χ2n) is 2.93. The Labute approximate surface area is 94.6 Å². The largest absolute Gasteiger partial charge is 0.378 e. The highest BCUT2D eigenvalue weighted by Crippen LogP contribution is 2.20. The molecule has 2 heterocycles. The average molecular weight is 240 g/mol. The van der Waals surface area contributed by atoms with Crippen molar-refractivity contribution in [2.24, 2.45) is 0 Å². The number of nitrogens with two attached hydrogens (primary N) is 1. The number of hydrogen-bond acceptors (Lipinski definition) is 5. The SMILES string of the molecule is Nc1nc(-n2cc(Cl)cn2)ccc1[N+](=O)[O-]. The molecule has 2 N–H and O–H groups in total. The number of nitro groups is 1. The predicted molar refractivity (Wildman–Crippen MR) is 57.4 cm³/mol. The van der Waals surface area contributed by atoms with E-state index in [1.54, 1.807) is 0 Å². The third kappa shape index (κ3) is 1.80. The van der Waals surface area contributed by atoms with E-state index in [1.165, 1.54) is 29.2 Å². The van der Waals surface area contributed by atoms with Crippen LogP contribution in [0.1, 0.15) is 0 Å². The molecule has 0 spiro atoms. The van der Waals surface area contributed by atoms with E-state index >= 15 is 0 Å². The maximum Gasteiger partial charge on any atom is 0.311 e. The fourth-order valence-electron chi connectivity index (χ4n) is 1.16. The fourth-order valence-corrected chi connectivity index (χ4v) is 1.30. The molecular weight excluding hydrogens is 234 g/mol. The van der Waals surface area contributed by atoms with Crippen LogP contribution in [0.15, 0.2) is 24.5 Å². The summed E-state index contributed by atoms with van der Waals surface area (Å²) in [6.07, 6.45) is 2.95. The minimum Gasteiger partial charge on any atom is -0.378 e. The van der Waals surface area contributed by atoms with Gasteiger partial charge in [0.15, 0.2) is 5.82 Å². The first-order valence-electron chi connectivity index (χ1n) is 4.19. The number of anilines is 1. The standard InChI is InChI=1S/C8H6ClN5O2/c9-5-3-11-13(4-5)7-2-1-6(14(15)16)8(10)12-7/h1-4H,(H2,10,12). The van der Waals surface area contributed by atoms with Crippen molar-refractivity contribution >= 4 is 23.1 Å². The van der Waals surface area contributed by atoms with Gasteiger partial charge in [-0.2, -0.15) is 5.10 Å². The summed E-state index contributed by atoms with van der Waals surface area (Å²) in [6, 6.07) is 2.71. The Bertz CT molecular complexity index is 553. The van der Waals surface area contributed by atoms with Crippen molar-refractivity contribution in [3.63, 3.8) is 0 Å². The number of nitrogen functional groups attached to an aromatic ring is 1. The van der Waals surface area contributed by atoms with Crippen LogP contribution in [-0.4, -0.2) is 19.7 Å². The molecule has 0 amide bonds. The molecule has 0 saturated heterocycles. The summed E-state index contributed by atoms with van der Waals surface area (Å²) in [5.41, 5.74) is 5.21. The summed E-state index contributed by atoms with van der Waals surface area (Å²) in [5, 5.41) is 14.9. The topological polar surface area (TPSA) is 99.9 Å². The molecule has 0 atom stereocenters. The van der Waals surface area contributed by atoms with Gasteiger partial charge in [0.05, 0.1) is 22.3 Å². The molecule has 0 aliphatic carbocycles. The van der Waals surface area contributed by atoms with Crippen molar-refractivity contribution in [1.82, 2.24) is 14.8 Å². The molecule has 0 aliphatic rings. The smallest absolute Gasteiger partial charge is 0.311 e. The van der Waals surface area contributed by atoms with E-state index in [4.69, 9.17) is 17.3 Å². The monoisotopic (exact) mass is 239 g/mol. The molecule has 0 fully saturated rings. The number of pyridine rings is 1. The van der Waals surface area contributed by atoms with Gasteiger partial charge < -0.3 is 5.73 Å². The van der Waals surface area contributed by atoms with Gasteiger partial charge in [-0.05, 0) is 6.07 Å². The zero-order valence-electron chi connectivity index (χ0n) is 7.87. The highest BCUT2D eigenvalue weighted by Gasteiger charge is 2.13. The molecule has 0 radical (unpaired) electrons.